The van der Waals surface area contributed by atoms with Gasteiger partial charge in [0.1, 0.15) is 16.3 Å². The first-order valence-electron chi connectivity index (χ1n) is 9.32. The second-order valence-electron chi connectivity index (χ2n) is 7.05. The summed E-state index contributed by atoms with van der Waals surface area (Å²) in [6.45, 7) is 0. The van der Waals surface area contributed by atoms with Crippen molar-refractivity contribution in [3.63, 3.8) is 0 Å². The number of sulfone groups is 1. The molecule has 1 N–H and O–H groups in total. The van der Waals surface area contributed by atoms with Crippen LogP contribution in [0.4, 0.5) is 5.82 Å². The quantitative estimate of drug-likeness (QED) is 0.535. The van der Waals surface area contributed by atoms with Crippen LogP contribution in [-0.2, 0) is 9.84 Å². The lowest BCUT2D eigenvalue weighted by Crippen LogP contribution is -2.21. The van der Waals surface area contributed by atoms with Crippen molar-refractivity contribution in [2.24, 2.45) is 0 Å². The number of pyridine rings is 1. The molecule has 6 nitrogen and oxygen atoms in total. The van der Waals surface area contributed by atoms with E-state index in [0.717, 1.165) is 21.3 Å². The fourth-order valence-corrected chi connectivity index (χ4v) is 6.21. The van der Waals surface area contributed by atoms with Gasteiger partial charge >= 0.3 is 0 Å². The minimum absolute atomic E-state index is 0.127. The third-order valence-corrected chi connectivity index (χ3v) is 7.63. The van der Waals surface area contributed by atoms with Crippen molar-refractivity contribution in [3.8, 4) is 22.6 Å². The van der Waals surface area contributed by atoms with E-state index in [4.69, 9.17) is 9.97 Å². The van der Waals surface area contributed by atoms with E-state index in [1.807, 2.05) is 36.4 Å². The predicted molar refractivity (Wildman–Crippen MR) is 117 cm³/mol. The van der Waals surface area contributed by atoms with Gasteiger partial charge in [-0.05, 0) is 24.1 Å². The highest BCUT2D eigenvalue weighted by Crippen LogP contribution is 2.38. The van der Waals surface area contributed by atoms with E-state index in [1.165, 1.54) is 0 Å². The number of aromatic nitrogens is 3. The van der Waals surface area contributed by atoms with Gasteiger partial charge < -0.3 is 5.32 Å². The van der Waals surface area contributed by atoms with Crippen LogP contribution in [0.2, 0.25) is 0 Å². The molecule has 0 amide bonds. The summed E-state index contributed by atoms with van der Waals surface area (Å²) in [5.74, 6) is 1.53. The van der Waals surface area contributed by atoms with Gasteiger partial charge in [0.05, 0.1) is 16.9 Å². The smallest absolute Gasteiger partial charge is 0.181 e. The van der Waals surface area contributed by atoms with Gasteiger partial charge in [-0.3, -0.25) is 4.98 Å². The Balaban J connectivity index is 1.66. The number of hydrogen-bond donors (Lipinski definition) is 1. The molecule has 1 atom stereocenters. The monoisotopic (exact) mass is 422 g/mol. The summed E-state index contributed by atoms with van der Waals surface area (Å²) in [7, 11) is -3.00. The zero-order valence-corrected chi connectivity index (χ0v) is 17.1. The molecular weight excluding hydrogens is 404 g/mol. The molecule has 0 saturated carbocycles. The molecular formula is C21H18N4O2S2. The highest BCUT2D eigenvalue weighted by atomic mass is 32.2. The highest BCUT2D eigenvalue weighted by molar-refractivity contribution is 7.91. The molecule has 1 fully saturated rings. The van der Waals surface area contributed by atoms with Gasteiger partial charge in [-0.25, -0.2) is 18.4 Å². The van der Waals surface area contributed by atoms with Crippen LogP contribution in [-0.4, -0.2) is 40.9 Å². The first-order chi connectivity index (χ1) is 14.1. The Kier molecular flexibility index (Phi) is 4.52. The molecule has 8 heteroatoms. The highest BCUT2D eigenvalue weighted by Gasteiger charge is 2.29. The Bertz CT molecular complexity index is 1270. The van der Waals surface area contributed by atoms with Crippen molar-refractivity contribution in [2.45, 2.75) is 12.5 Å². The standard InChI is InChI=1S/C21H18N4O2S2/c26-29(27)11-9-15(13-29)23-20-18-16(14-6-2-1-3-7-14)12-28-21(18)25-19(24-20)17-8-4-5-10-22-17/h1-8,10,12,15H,9,11,13H2,(H,23,24,25)/t15-/m1/s1. The van der Waals surface area contributed by atoms with Crippen LogP contribution in [0.15, 0.2) is 60.1 Å². The van der Waals surface area contributed by atoms with E-state index in [0.29, 0.717) is 23.8 Å². The fraction of sp³-hybridized carbons (Fsp3) is 0.190. The molecule has 1 aliphatic rings. The molecule has 0 bridgehead atoms. The average molecular weight is 423 g/mol. The predicted octanol–water partition coefficient (Wildman–Crippen LogP) is 4.02. The number of nitrogens with zero attached hydrogens (tertiary/aromatic N) is 3. The van der Waals surface area contributed by atoms with Gasteiger partial charge in [-0.2, -0.15) is 0 Å². The van der Waals surface area contributed by atoms with Gasteiger partial charge in [-0.15, -0.1) is 11.3 Å². The summed E-state index contributed by atoms with van der Waals surface area (Å²) >= 11 is 1.55. The number of anilines is 1. The van der Waals surface area contributed by atoms with E-state index < -0.39 is 9.84 Å². The zero-order valence-electron chi connectivity index (χ0n) is 15.4. The van der Waals surface area contributed by atoms with Gasteiger partial charge in [0.15, 0.2) is 15.7 Å². The maximum absolute atomic E-state index is 11.9. The number of fused-ring (bicyclic) bond motifs is 1. The Morgan fingerprint density at radius 1 is 1.03 bits per heavy atom. The van der Waals surface area contributed by atoms with Crippen molar-refractivity contribution in [2.75, 3.05) is 16.8 Å². The summed E-state index contributed by atoms with van der Waals surface area (Å²) in [6, 6.07) is 15.6. The Labute approximate surface area is 172 Å². The second kappa shape index (κ2) is 7.20. The van der Waals surface area contributed by atoms with E-state index in [9.17, 15) is 8.42 Å². The van der Waals surface area contributed by atoms with Crippen LogP contribution in [0.1, 0.15) is 6.42 Å². The van der Waals surface area contributed by atoms with Crippen LogP contribution in [0.5, 0.6) is 0 Å². The summed E-state index contributed by atoms with van der Waals surface area (Å²) in [5.41, 5.74) is 2.81. The molecule has 1 saturated heterocycles. The molecule has 0 aliphatic carbocycles. The van der Waals surface area contributed by atoms with Crippen LogP contribution in [0.3, 0.4) is 0 Å². The number of rotatable bonds is 4. The Morgan fingerprint density at radius 3 is 2.59 bits per heavy atom. The maximum atomic E-state index is 11.9. The molecule has 1 aliphatic heterocycles. The average Bonchev–Trinajstić information content (AvgIpc) is 3.32. The molecule has 5 rings (SSSR count). The molecule has 0 spiro atoms. The summed E-state index contributed by atoms with van der Waals surface area (Å²) in [6.07, 6.45) is 2.29. The van der Waals surface area contributed by atoms with Crippen LogP contribution in [0.25, 0.3) is 32.9 Å². The van der Waals surface area contributed by atoms with E-state index in [1.54, 1.807) is 17.5 Å². The third-order valence-electron chi connectivity index (χ3n) is 4.99. The number of nitrogens with one attached hydrogen (secondary N) is 1. The minimum Gasteiger partial charge on any atom is -0.366 e. The SMILES string of the molecule is O=S1(=O)CC[C@@H](Nc2nc(-c3ccccn3)nc3scc(-c4ccccc4)c23)C1. The van der Waals surface area contributed by atoms with Gasteiger partial charge in [0.25, 0.3) is 0 Å². The number of benzene rings is 1. The van der Waals surface area contributed by atoms with Crippen molar-refractivity contribution < 1.29 is 8.42 Å². The first-order valence-corrected chi connectivity index (χ1v) is 12.0. The summed E-state index contributed by atoms with van der Waals surface area (Å²) < 4.78 is 23.9. The molecule has 0 unspecified atom stereocenters. The lowest BCUT2D eigenvalue weighted by molar-refractivity contribution is 0.602. The summed E-state index contributed by atoms with van der Waals surface area (Å²) in [4.78, 5) is 14.7. The largest absolute Gasteiger partial charge is 0.366 e. The van der Waals surface area contributed by atoms with E-state index >= 15 is 0 Å². The first kappa shape index (κ1) is 18.2. The molecule has 0 radical (unpaired) electrons. The van der Waals surface area contributed by atoms with E-state index in [-0.39, 0.29) is 17.5 Å². The zero-order chi connectivity index (χ0) is 19.8. The lowest BCUT2D eigenvalue weighted by Gasteiger charge is -2.14. The van der Waals surface area contributed by atoms with E-state index in [2.05, 4.69) is 27.8 Å². The fourth-order valence-electron chi connectivity index (χ4n) is 3.59. The normalized spacial score (nSPS) is 18.1. The minimum atomic E-state index is -3.00. The van der Waals surface area contributed by atoms with Crippen LogP contribution in [0, 0.1) is 0 Å². The number of thiophene rings is 1. The number of hydrogen-bond acceptors (Lipinski definition) is 7. The van der Waals surface area contributed by atoms with Crippen LogP contribution < -0.4 is 5.32 Å². The summed E-state index contributed by atoms with van der Waals surface area (Å²) in [5, 5.41) is 6.39. The van der Waals surface area contributed by atoms with Gasteiger partial charge in [0.2, 0.25) is 0 Å². The molecule has 1 aromatic carbocycles. The van der Waals surface area contributed by atoms with Crippen molar-refractivity contribution >= 4 is 37.2 Å². The maximum Gasteiger partial charge on any atom is 0.181 e. The third kappa shape index (κ3) is 3.61. The van der Waals surface area contributed by atoms with Crippen molar-refractivity contribution in [3.05, 3.63) is 60.1 Å². The molecule has 4 aromatic rings. The Morgan fingerprint density at radius 2 is 1.86 bits per heavy atom. The molecule has 4 heterocycles. The molecule has 146 valence electrons. The lowest BCUT2D eigenvalue weighted by atomic mass is 10.1. The molecule has 29 heavy (non-hydrogen) atoms. The Hall–Kier alpha value is -2.84. The van der Waals surface area contributed by atoms with Gasteiger partial charge in [-0.1, -0.05) is 36.4 Å². The van der Waals surface area contributed by atoms with Crippen LogP contribution >= 0.6 is 11.3 Å². The second-order valence-corrected chi connectivity index (χ2v) is 10.1. The topological polar surface area (TPSA) is 84.8 Å². The van der Waals surface area contributed by atoms with Crippen molar-refractivity contribution in [1.29, 1.82) is 0 Å². The molecule has 3 aromatic heterocycles. The van der Waals surface area contributed by atoms with Crippen molar-refractivity contribution in [1.82, 2.24) is 15.0 Å². The van der Waals surface area contributed by atoms with Gasteiger partial charge in [0, 0.05) is 23.2 Å².